The molecule has 15 heavy (non-hydrogen) atoms. The van der Waals surface area contributed by atoms with Gasteiger partial charge in [-0.1, -0.05) is 18.2 Å². The van der Waals surface area contributed by atoms with Crippen molar-refractivity contribution in [3.8, 4) is 6.19 Å². The Bertz CT molecular complexity index is 569. The molecule has 0 aliphatic carbocycles. The third-order valence-corrected chi connectivity index (χ3v) is 2.76. The molecule has 72 valence electrons. The summed E-state index contributed by atoms with van der Waals surface area (Å²) in [6.45, 7) is 0.759. The highest BCUT2D eigenvalue weighted by Crippen LogP contribution is 2.28. The molecule has 0 saturated heterocycles. The number of nitriles is 1. The van der Waals surface area contributed by atoms with Crippen LogP contribution in [-0.2, 0) is 6.42 Å². The summed E-state index contributed by atoms with van der Waals surface area (Å²) in [5.74, 6) is 0.830. The van der Waals surface area contributed by atoms with Crippen LogP contribution in [-0.4, -0.2) is 11.5 Å². The molecule has 0 amide bonds. The first-order valence-corrected chi connectivity index (χ1v) is 4.94. The lowest BCUT2D eigenvalue weighted by Gasteiger charge is -2.07. The van der Waals surface area contributed by atoms with Crippen molar-refractivity contribution >= 4 is 16.7 Å². The molecule has 3 nitrogen and oxygen atoms in total. The number of para-hydroxylation sites is 1. The van der Waals surface area contributed by atoms with Crippen molar-refractivity contribution < 1.29 is 0 Å². The summed E-state index contributed by atoms with van der Waals surface area (Å²) in [7, 11) is 0. The Balaban J connectivity index is 2.29. The van der Waals surface area contributed by atoms with Crippen LogP contribution in [0.3, 0.4) is 0 Å². The molecule has 3 heteroatoms. The Kier molecular flexibility index (Phi) is 1.63. The van der Waals surface area contributed by atoms with Gasteiger partial charge in [-0.3, -0.25) is 4.90 Å². The van der Waals surface area contributed by atoms with Gasteiger partial charge in [0.05, 0.1) is 5.52 Å². The molecule has 0 atom stereocenters. The maximum Gasteiger partial charge on any atom is 0.185 e. The molecule has 1 aromatic heterocycles. The van der Waals surface area contributed by atoms with Crippen LogP contribution in [0.1, 0.15) is 5.56 Å². The van der Waals surface area contributed by atoms with Gasteiger partial charge >= 0.3 is 0 Å². The van der Waals surface area contributed by atoms with E-state index < -0.39 is 0 Å². The predicted octanol–water partition coefficient (Wildman–Crippen LogP) is 2.08. The number of anilines is 1. The van der Waals surface area contributed by atoms with E-state index in [1.807, 2.05) is 18.2 Å². The lowest BCUT2D eigenvalue weighted by molar-refractivity contribution is 0.993. The largest absolute Gasteiger partial charge is 0.263 e. The van der Waals surface area contributed by atoms with Gasteiger partial charge < -0.3 is 0 Å². The van der Waals surface area contributed by atoms with Gasteiger partial charge in [-0.05, 0) is 24.1 Å². The molecular weight excluding hydrogens is 186 g/mol. The van der Waals surface area contributed by atoms with Crippen LogP contribution in [0.15, 0.2) is 30.3 Å². The Hall–Kier alpha value is -2.08. The molecule has 1 aliphatic heterocycles. The second kappa shape index (κ2) is 2.96. The molecule has 2 aromatic rings. The second-order valence-electron chi connectivity index (χ2n) is 3.67. The summed E-state index contributed by atoms with van der Waals surface area (Å²) in [6, 6.07) is 10.1. The summed E-state index contributed by atoms with van der Waals surface area (Å²) in [5.41, 5.74) is 2.13. The molecule has 0 bridgehead atoms. The first-order chi connectivity index (χ1) is 7.38. The average molecular weight is 195 g/mol. The number of fused-ring (bicyclic) bond motifs is 2. The summed E-state index contributed by atoms with van der Waals surface area (Å²) in [5, 5.41) is 10.1. The van der Waals surface area contributed by atoms with Crippen LogP contribution in [0.4, 0.5) is 5.82 Å². The van der Waals surface area contributed by atoms with E-state index in [1.54, 1.807) is 4.90 Å². The highest BCUT2D eigenvalue weighted by atomic mass is 15.2. The minimum absolute atomic E-state index is 0.759. The monoisotopic (exact) mass is 195 g/mol. The number of pyridine rings is 1. The number of hydrogen-bond acceptors (Lipinski definition) is 3. The molecule has 0 N–H and O–H groups in total. The Morgan fingerprint density at radius 1 is 1.33 bits per heavy atom. The van der Waals surface area contributed by atoms with Crippen molar-refractivity contribution in [1.29, 1.82) is 5.26 Å². The minimum atomic E-state index is 0.759. The van der Waals surface area contributed by atoms with Crippen molar-refractivity contribution in [3.05, 3.63) is 35.9 Å². The number of nitrogens with zero attached hydrogens (tertiary/aromatic N) is 3. The first-order valence-electron chi connectivity index (χ1n) is 4.94. The quantitative estimate of drug-likeness (QED) is 0.604. The van der Waals surface area contributed by atoms with E-state index >= 15 is 0 Å². The molecule has 1 aliphatic rings. The summed E-state index contributed by atoms with van der Waals surface area (Å²) < 4.78 is 0. The van der Waals surface area contributed by atoms with Gasteiger partial charge in [0, 0.05) is 11.9 Å². The first kappa shape index (κ1) is 8.25. The van der Waals surface area contributed by atoms with E-state index in [9.17, 15) is 0 Å². The lowest BCUT2D eigenvalue weighted by Crippen LogP contribution is -2.12. The van der Waals surface area contributed by atoms with Gasteiger partial charge in [0.15, 0.2) is 6.19 Å². The maximum atomic E-state index is 8.92. The van der Waals surface area contributed by atoms with Crippen LogP contribution in [0.25, 0.3) is 10.9 Å². The molecule has 1 aromatic carbocycles. The maximum absolute atomic E-state index is 8.92. The van der Waals surface area contributed by atoms with Crippen molar-refractivity contribution in [2.75, 3.05) is 11.4 Å². The highest BCUT2D eigenvalue weighted by Gasteiger charge is 2.20. The van der Waals surface area contributed by atoms with Gasteiger partial charge in [0.2, 0.25) is 0 Å². The molecular formula is C12H9N3. The zero-order chi connectivity index (χ0) is 10.3. The van der Waals surface area contributed by atoms with Crippen LogP contribution in [0, 0.1) is 11.5 Å². The molecule has 0 fully saturated rings. The average Bonchev–Trinajstić information content (AvgIpc) is 2.68. The van der Waals surface area contributed by atoms with E-state index in [2.05, 4.69) is 23.3 Å². The van der Waals surface area contributed by atoms with Crippen molar-refractivity contribution in [1.82, 2.24) is 4.98 Å². The Labute approximate surface area is 87.6 Å². The predicted molar refractivity (Wildman–Crippen MR) is 58.4 cm³/mol. The molecule has 0 radical (unpaired) electrons. The van der Waals surface area contributed by atoms with Crippen molar-refractivity contribution in [2.24, 2.45) is 0 Å². The van der Waals surface area contributed by atoms with Crippen LogP contribution in [0.5, 0.6) is 0 Å². The van der Waals surface area contributed by atoms with Crippen LogP contribution < -0.4 is 4.90 Å². The fourth-order valence-corrected chi connectivity index (χ4v) is 2.00. The third kappa shape index (κ3) is 1.15. The normalized spacial score (nSPS) is 13.9. The van der Waals surface area contributed by atoms with Crippen molar-refractivity contribution in [3.63, 3.8) is 0 Å². The molecule has 3 rings (SSSR count). The van der Waals surface area contributed by atoms with Gasteiger partial charge in [-0.2, -0.15) is 5.26 Å². The van der Waals surface area contributed by atoms with Gasteiger partial charge in [0.25, 0.3) is 0 Å². The molecule has 2 heterocycles. The van der Waals surface area contributed by atoms with E-state index in [1.165, 1.54) is 5.56 Å². The van der Waals surface area contributed by atoms with Crippen LogP contribution >= 0.6 is 0 Å². The van der Waals surface area contributed by atoms with Gasteiger partial charge in [-0.25, -0.2) is 4.98 Å². The molecule has 0 unspecified atom stereocenters. The van der Waals surface area contributed by atoms with E-state index in [0.717, 1.165) is 29.7 Å². The number of hydrogen-bond donors (Lipinski definition) is 0. The SMILES string of the molecule is N#CN1CCc2cc3ccccc3nc21. The Morgan fingerprint density at radius 2 is 2.20 bits per heavy atom. The number of aromatic nitrogens is 1. The molecule has 0 saturated carbocycles. The lowest BCUT2D eigenvalue weighted by atomic mass is 10.1. The van der Waals surface area contributed by atoms with Crippen molar-refractivity contribution in [2.45, 2.75) is 6.42 Å². The second-order valence-corrected chi connectivity index (χ2v) is 3.67. The van der Waals surface area contributed by atoms with E-state index in [0.29, 0.717) is 0 Å². The highest BCUT2D eigenvalue weighted by molar-refractivity contribution is 5.82. The smallest absolute Gasteiger partial charge is 0.185 e. The zero-order valence-corrected chi connectivity index (χ0v) is 8.14. The van der Waals surface area contributed by atoms with E-state index in [-0.39, 0.29) is 0 Å². The summed E-state index contributed by atoms with van der Waals surface area (Å²) in [6.07, 6.45) is 3.07. The van der Waals surface area contributed by atoms with Crippen LogP contribution in [0.2, 0.25) is 0 Å². The number of rotatable bonds is 0. The fraction of sp³-hybridized carbons (Fsp3) is 0.167. The summed E-state index contributed by atoms with van der Waals surface area (Å²) in [4.78, 5) is 6.17. The summed E-state index contributed by atoms with van der Waals surface area (Å²) >= 11 is 0. The fourth-order valence-electron chi connectivity index (χ4n) is 2.00. The third-order valence-electron chi connectivity index (χ3n) is 2.76. The number of benzene rings is 1. The van der Waals surface area contributed by atoms with Gasteiger partial charge in [0.1, 0.15) is 5.82 Å². The Morgan fingerprint density at radius 3 is 3.07 bits per heavy atom. The van der Waals surface area contributed by atoms with E-state index in [4.69, 9.17) is 5.26 Å². The van der Waals surface area contributed by atoms with Gasteiger partial charge in [-0.15, -0.1) is 0 Å². The minimum Gasteiger partial charge on any atom is -0.263 e. The standard InChI is InChI=1S/C12H9N3/c13-8-15-6-5-10-7-9-3-1-2-4-11(9)14-12(10)15/h1-4,7H,5-6H2. The zero-order valence-electron chi connectivity index (χ0n) is 8.14. The molecule has 0 spiro atoms. The topological polar surface area (TPSA) is 39.9 Å².